The van der Waals surface area contributed by atoms with Crippen LogP contribution in [-0.2, 0) is 0 Å². The number of thiophene rings is 1. The van der Waals surface area contributed by atoms with E-state index in [1.54, 1.807) is 4.90 Å². The zero-order chi connectivity index (χ0) is 18.1. The van der Waals surface area contributed by atoms with Crippen molar-refractivity contribution >= 4 is 23.2 Å². The van der Waals surface area contributed by atoms with E-state index in [1.807, 2.05) is 17.5 Å². The van der Waals surface area contributed by atoms with E-state index in [9.17, 15) is 14.4 Å². The molecule has 0 unspecified atom stereocenters. The molecule has 26 heavy (non-hydrogen) atoms. The van der Waals surface area contributed by atoms with Crippen molar-refractivity contribution in [2.45, 2.75) is 37.6 Å². The van der Waals surface area contributed by atoms with E-state index in [-0.39, 0.29) is 17.5 Å². The highest BCUT2D eigenvalue weighted by Crippen LogP contribution is 2.37. The van der Waals surface area contributed by atoms with Crippen molar-refractivity contribution < 1.29 is 9.59 Å². The number of carbonyl (C=O) groups is 2. The van der Waals surface area contributed by atoms with Gasteiger partial charge >= 0.3 is 0 Å². The number of likely N-dealkylation sites (tertiary alicyclic amines) is 1. The Balaban J connectivity index is 1.41. The van der Waals surface area contributed by atoms with Gasteiger partial charge in [-0.05, 0) is 37.1 Å². The van der Waals surface area contributed by atoms with Crippen LogP contribution < -0.4 is 10.9 Å². The lowest BCUT2D eigenvalue weighted by atomic mass is 10.0. The average molecular weight is 372 g/mol. The highest BCUT2D eigenvalue weighted by molar-refractivity contribution is 7.12. The molecule has 2 aromatic heterocycles. The minimum absolute atomic E-state index is 0.00718. The Hall–Kier alpha value is -2.48. The Morgan fingerprint density at radius 2 is 2.15 bits per heavy atom. The van der Waals surface area contributed by atoms with Crippen molar-refractivity contribution in [2.24, 2.45) is 0 Å². The average Bonchev–Trinajstić information content (AvgIpc) is 3.35. The second kappa shape index (κ2) is 7.03. The van der Waals surface area contributed by atoms with Crippen LogP contribution in [0.2, 0.25) is 0 Å². The molecule has 0 radical (unpaired) electrons. The maximum atomic E-state index is 12.5. The number of nitrogens with zero attached hydrogens (tertiary/aromatic N) is 2. The molecule has 136 valence electrons. The van der Waals surface area contributed by atoms with Gasteiger partial charge in [0.25, 0.3) is 17.4 Å². The largest absolute Gasteiger partial charge is 0.347 e. The summed E-state index contributed by atoms with van der Waals surface area (Å²) in [4.78, 5) is 46.5. The summed E-state index contributed by atoms with van der Waals surface area (Å²) in [5, 5.41) is 4.76. The van der Waals surface area contributed by atoms with E-state index in [1.165, 1.54) is 17.5 Å². The molecule has 7 nitrogen and oxygen atoms in total. The van der Waals surface area contributed by atoms with Gasteiger partial charge in [0.1, 0.15) is 11.4 Å². The van der Waals surface area contributed by atoms with Crippen LogP contribution in [0.15, 0.2) is 28.5 Å². The van der Waals surface area contributed by atoms with E-state index in [2.05, 4.69) is 15.3 Å². The maximum Gasteiger partial charge on any atom is 0.263 e. The fourth-order valence-corrected chi connectivity index (χ4v) is 3.92. The molecule has 3 heterocycles. The summed E-state index contributed by atoms with van der Waals surface area (Å²) in [6, 6.07) is 3.50. The molecule has 1 aliphatic carbocycles. The minimum Gasteiger partial charge on any atom is -0.347 e. The Bertz CT molecular complexity index is 873. The van der Waals surface area contributed by atoms with Crippen LogP contribution in [0, 0.1) is 0 Å². The number of rotatable bonds is 4. The standard InChI is InChI=1S/C18H20N4O3S/c23-16(13-9-19-15(11-5-6-11)21-17(13)24)20-12-3-1-7-22(10-12)18(25)14-4-2-8-26-14/h2,4,8-9,11-12H,1,3,5-7,10H2,(H,20,23)(H,19,21,24)/t12-/m1/s1. The third-order valence-corrected chi connectivity index (χ3v) is 5.66. The fraction of sp³-hybridized carbons (Fsp3) is 0.444. The van der Waals surface area contributed by atoms with Gasteiger partial charge in [-0.15, -0.1) is 11.3 Å². The van der Waals surface area contributed by atoms with E-state index < -0.39 is 11.5 Å². The zero-order valence-corrected chi connectivity index (χ0v) is 15.1. The second-order valence-corrected chi connectivity index (χ2v) is 7.77. The van der Waals surface area contributed by atoms with E-state index in [0.717, 1.165) is 25.7 Å². The van der Waals surface area contributed by atoms with Gasteiger partial charge in [0, 0.05) is 31.2 Å². The normalized spacial score (nSPS) is 20.0. The highest BCUT2D eigenvalue weighted by Gasteiger charge is 2.28. The summed E-state index contributed by atoms with van der Waals surface area (Å²) in [7, 11) is 0. The molecular formula is C18H20N4O3S. The molecule has 2 aromatic rings. The van der Waals surface area contributed by atoms with Crippen LogP contribution in [0.1, 0.15) is 57.5 Å². The number of hydrogen-bond acceptors (Lipinski definition) is 5. The smallest absolute Gasteiger partial charge is 0.263 e. The molecule has 4 rings (SSSR count). The highest BCUT2D eigenvalue weighted by atomic mass is 32.1. The Morgan fingerprint density at radius 3 is 2.85 bits per heavy atom. The van der Waals surface area contributed by atoms with E-state index >= 15 is 0 Å². The predicted octanol–water partition coefficient (Wildman–Crippen LogP) is 1.74. The first-order chi connectivity index (χ1) is 12.6. The van der Waals surface area contributed by atoms with Crippen molar-refractivity contribution in [3.63, 3.8) is 0 Å². The van der Waals surface area contributed by atoms with Gasteiger partial charge < -0.3 is 15.2 Å². The predicted molar refractivity (Wildman–Crippen MR) is 97.5 cm³/mol. The van der Waals surface area contributed by atoms with Gasteiger partial charge in [0.15, 0.2) is 0 Å². The molecule has 1 saturated heterocycles. The molecule has 8 heteroatoms. The number of aromatic nitrogens is 2. The number of hydrogen-bond donors (Lipinski definition) is 2. The third kappa shape index (κ3) is 3.55. The van der Waals surface area contributed by atoms with Crippen LogP contribution in [0.3, 0.4) is 0 Å². The Labute approximate surface area is 154 Å². The lowest BCUT2D eigenvalue weighted by Gasteiger charge is -2.32. The lowest BCUT2D eigenvalue weighted by Crippen LogP contribution is -2.50. The second-order valence-electron chi connectivity index (χ2n) is 6.83. The zero-order valence-electron chi connectivity index (χ0n) is 14.2. The molecular weight excluding hydrogens is 352 g/mol. The SMILES string of the molecule is O=C(N[C@@H]1CCCN(C(=O)c2cccs2)C1)c1cnc(C2CC2)[nH]c1=O. The van der Waals surface area contributed by atoms with Crippen molar-refractivity contribution in [1.29, 1.82) is 0 Å². The van der Waals surface area contributed by atoms with Gasteiger partial charge in [-0.25, -0.2) is 4.98 Å². The van der Waals surface area contributed by atoms with Crippen LogP contribution >= 0.6 is 11.3 Å². The van der Waals surface area contributed by atoms with Crippen molar-refractivity contribution in [1.82, 2.24) is 20.2 Å². The van der Waals surface area contributed by atoms with Crippen LogP contribution in [0.25, 0.3) is 0 Å². The van der Waals surface area contributed by atoms with Gasteiger partial charge in [0.2, 0.25) is 0 Å². The summed E-state index contributed by atoms with van der Waals surface area (Å²) in [6.45, 7) is 1.13. The quantitative estimate of drug-likeness (QED) is 0.855. The summed E-state index contributed by atoms with van der Waals surface area (Å²) >= 11 is 1.42. The lowest BCUT2D eigenvalue weighted by molar-refractivity contribution is 0.0680. The topological polar surface area (TPSA) is 95.2 Å². The summed E-state index contributed by atoms with van der Waals surface area (Å²) in [5.41, 5.74) is -0.377. The van der Waals surface area contributed by atoms with Crippen LogP contribution in [-0.4, -0.2) is 45.8 Å². The number of piperidine rings is 1. The number of nitrogens with one attached hydrogen (secondary N) is 2. The molecule has 2 aliphatic rings. The summed E-state index contributed by atoms with van der Waals surface area (Å²) in [5.74, 6) is 0.552. The van der Waals surface area contributed by atoms with E-state index in [4.69, 9.17) is 0 Å². The first kappa shape index (κ1) is 17.0. The molecule has 2 N–H and O–H groups in total. The molecule has 0 spiro atoms. The van der Waals surface area contributed by atoms with Crippen molar-refractivity contribution in [2.75, 3.05) is 13.1 Å². The minimum atomic E-state index is -0.434. The molecule has 0 aromatic carbocycles. The number of amides is 2. The van der Waals surface area contributed by atoms with Crippen molar-refractivity contribution in [3.8, 4) is 0 Å². The molecule has 0 bridgehead atoms. The van der Waals surface area contributed by atoms with E-state index in [0.29, 0.717) is 29.7 Å². The first-order valence-corrected chi connectivity index (χ1v) is 9.72. The molecule has 2 fully saturated rings. The monoisotopic (exact) mass is 372 g/mol. The van der Waals surface area contributed by atoms with Gasteiger partial charge in [-0.1, -0.05) is 6.07 Å². The number of carbonyl (C=O) groups excluding carboxylic acids is 2. The maximum absolute atomic E-state index is 12.5. The Morgan fingerprint density at radius 1 is 1.31 bits per heavy atom. The summed E-state index contributed by atoms with van der Waals surface area (Å²) < 4.78 is 0. The Kier molecular flexibility index (Phi) is 4.58. The molecule has 1 atom stereocenters. The van der Waals surface area contributed by atoms with Crippen LogP contribution in [0.5, 0.6) is 0 Å². The van der Waals surface area contributed by atoms with Gasteiger partial charge in [0.05, 0.1) is 4.88 Å². The van der Waals surface area contributed by atoms with Gasteiger partial charge in [-0.3, -0.25) is 14.4 Å². The number of H-pyrrole nitrogens is 1. The molecule has 1 aliphatic heterocycles. The first-order valence-electron chi connectivity index (χ1n) is 8.84. The summed E-state index contributed by atoms with van der Waals surface area (Å²) in [6.07, 6.45) is 5.03. The van der Waals surface area contributed by atoms with Crippen molar-refractivity contribution in [3.05, 3.63) is 50.3 Å². The molecule has 1 saturated carbocycles. The molecule has 2 amide bonds. The fourth-order valence-electron chi connectivity index (χ4n) is 3.23. The van der Waals surface area contributed by atoms with Gasteiger partial charge in [-0.2, -0.15) is 0 Å². The van der Waals surface area contributed by atoms with Crippen LogP contribution in [0.4, 0.5) is 0 Å². The third-order valence-electron chi connectivity index (χ3n) is 4.80. The number of aromatic amines is 1.